The Morgan fingerprint density at radius 2 is 2.12 bits per heavy atom. The summed E-state index contributed by atoms with van der Waals surface area (Å²) in [5.74, 6) is -0.602. The van der Waals surface area contributed by atoms with Gasteiger partial charge in [0, 0.05) is 6.42 Å². The molecule has 0 bridgehead atoms. The van der Waals surface area contributed by atoms with Crippen LogP contribution in [0.3, 0.4) is 0 Å². The van der Waals surface area contributed by atoms with E-state index in [4.69, 9.17) is 16.0 Å². The Morgan fingerprint density at radius 3 is 2.81 bits per heavy atom. The van der Waals surface area contributed by atoms with Crippen LogP contribution in [0.5, 0.6) is 0 Å². The Balaban J connectivity index is 2.22. The molecule has 0 aliphatic heterocycles. The Morgan fingerprint density at radius 1 is 1.31 bits per heavy atom. The predicted octanol–water partition coefficient (Wildman–Crippen LogP) is 3.50. The average molecular weight is 239 g/mol. The lowest BCUT2D eigenvalue weighted by Crippen LogP contribution is -2.04. The maximum Gasteiger partial charge on any atom is 0.202 e. The average Bonchev–Trinajstić information content (AvgIpc) is 2.78. The van der Waals surface area contributed by atoms with Gasteiger partial charge in [-0.05, 0) is 23.8 Å². The summed E-state index contributed by atoms with van der Waals surface area (Å²) in [4.78, 5) is 11.6. The first-order valence-corrected chi connectivity index (χ1v) is 5.06. The van der Waals surface area contributed by atoms with E-state index in [1.807, 2.05) is 0 Å². The molecule has 2 rings (SSSR count). The van der Waals surface area contributed by atoms with E-state index in [0.29, 0.717) is 0 Å². The molecule has 2 nitrogen and oxygen atoms in total. The molecule has 0 spiro atoms. The topological polar surface area (TPSA) is 30.2 Å². The molecule has 0 fully saturated rings. The summed E-state index contributed by atoms with van der Waals surface area (Å²) in [5.41, 5.74) is 0.272. The molecule has 0 unspecified atom stereocenters. The van der Waals surface area contributed by atoms with Crippen molar-refractivity contribution in [2.75, 3.05) is 0 Å². The standard InChI is InChI=1S/C12H8ClFO2/c13-9-4-1-3-8(12(9)14)7-10(15)11-5-2-6-16-11/h1-6H,7H2. The molecule has 0 N–H and O–H groups in total. The number of hydrogen-bond acceptors (Lipinski definition) is 2. The van der Waals surface area contributed by atoms with Crippen LogP contribution in [-0.2, 0) is 6.42 Å². The molecule has 1 heterocycles. The van der Waals surface area contributed by atoms with Gasteiger partial charge in [-0.15, -0.1) is 0 Å². The van der Waals surface area contributed by atoms with Crippen LogP contribution in [0.4, 0.5) is 4.39 Å². The SMILES string of the molecule is O=C(Cc1cccc(Cl)c1F)c1ccco1. The zero-order valence-electron chi connectivity index (χ0n) is 8.24. The third kappa shape index (κ3) is 2.14. The predicted molar refractivity (Wildman–Crippen MR) is 58.2 cm³/mol. The van der Waals surface area contributed by atoms with Gasteiger partial charge < -0.3 is 4.42 Å². The molecule has 0 aliphatic rings. The van der Waals surface area contributed by atoms with E-state index in [0.717, 1.165) is 0 Å². The lowest BCUT2D eigenvalue weighted by molar-refractivity contribution is 0.0965. The second-order valence-corrected chi connectivity index (χ2v) is 3.70. The van der Waals surface area contributed by atoms with Gasteiger partial charge in [-0.2, -0.15) is 0 Å². The minimum absolute atomic E-state index is 0.0183. The van der Waals surface area contributed by atoms with Gasteiger partial charge in [-0.1, -0.05) is 23.7 Å². The number of halogens is 2. The van der Waals surface area contributed by atoms with Crippen molar-refractivity contribution in [1.29, 1.82) is 0 Å². The third-order valence-electron chi connectivity index (χ3n) is 2.18. The molecule has 0 saturated carbocycles. The highest BCUT2D eigenvalue weighted by Gasteiger charge is 2.13. The number of carbonyl (C=O) groups is 1. The quantitative estimate of drug-likeness (QED) is 0.766. The van der Waals surface area contributed by atoms with Gasteiger partial charge in [-0.25, -0.2) is 4.39 Å². The van der Waals surface area contributed by atoms with Crippen molar-refractivity contribution in [3.8, 4) is 0 Å². The van der Waals surface area contributed by atoms with Crippen LogP contribution in [0.2, 0.25) is 5.02 Å². The molecule has 1 aromatic heterocycles. The maximum atomic E-state index is 13.5. The van der Waals surface area contributed by atoms with Crippen LogP contribution in [0.25, 0.3) is 0 Å². The lowest BCUT2D eigenvalue weighted by atomic mass is 10.1. The fourth-order valence-electron chi connectivity index (χ4n) is 1.38. The first-order valence-electron chi connectivity index (χ1n) is 4.68. The van der Waals surface area contributed by atoms with Gasteiger partial charge in [0.15, 0.2) is 5.76 Å². The second kappa shape index (κ2) is 4.49. The minimum atomic E-state index is -0.552. The highest BCUT2D eigenvalue weighted by atomic mass is 35.5. The van der Waals surface area contributed by atoms with Crippen LogP contribution in [0.15, 0.2) is 41.0 Å². The van der Waals surface area contributed by atoms with Gasteiger partial charge in [0.05, 0.1) is 11.3 Å². The molecule has 0 radical (unpaired) electrons. The summed E-state index contributed by atoms with van der Waals surface area (Å²) in [7, 11) is 0. The van der Waals surface area contributed by atoms with E-state index in [2.05, 4.69) is 0 Å². The fourth-order valence-corrected chi connectivity index (χ4v) is 1.58. The summed E-state index contributed by atoms with van der Waals surface area (Å²) in [6, 6.07) is 7.74. The van der Waals surface area contributed by atoms with Crippen LogP contribution in [0, 0.1) is 5.82 Å². The molecule has 4 heteroatoms. The second-order valence-electron chi connectivity index (χ2n) is 3.29. The van der Waals surface area contributed by atoms with E-state index in [9.17, 15) is 9.18 Å². The zero-order valence-corrected chi connectivity index (χ0v) is 9.00. The Kier molecular flexibility index (Phi) is 3.06. The van der Waals surface area contributed by atoms with Gasteiger partial charge in [-0.3, -0.25) is 4.79 Å². The van der Waals surface area contributed by atoms with Crippen LogP contribution >= 0.6 is 11.6 Å². The lowest BCUT2D eigenvalue weighted by Gasteiger charge is -2.02. The largest absolute Gasteiger partial charge is 0.461 e. The number of Topliss-reactive ketones (excluding diaryl/α,β-unsaturated/α-hetero) is 1. The molecule has 0 saturated heterocycles. The van der Waals surface area contributed by atoms with Gasteiger partial charge in [0.25, 0.3) is 0 Å². The number of rotatable bonds is 3. The van der Waals surface area contributed by atoms with E-state index >= 15 is 0 Å². The van der Waals surface area contributed by atoms with Crippen molar-refractivity contribution in [2.45, 2.75) is 6.42 Å². The van der Waals surface area contributed by atoms with Gasteiger partial charge >= 0.3 is 0 Å². The van der Waals surface area contributed by atoms with Crippen LogP contribution in [0.1, 0.15) is 16.1 Å². The monoisotopic (exact) mass is 238 g/mol. The zero-order chi connectivity index (χ0) is 11.5. The summed E-state index contributed by atoms with van der Waals surface area (Å²) >= 11 is 5.61. The van der Waals surface area contributed by atoms with Crippen molar-refractivity contribution in [1.82, 2.24) is 0 Å². The van der Waals surface area contributed by atoms with E-state index < -0.39 is 5.82 Å². The third-order valence-corrected chi connectivity index (χ3v) is 2.47. The van der Waals surface area contributed by atoms with Crippen molar-refractivity contribution in [2.24, 2.45) is 0 Å². The van der Waals surface area contributed by atoms with Gasteiger partial charge in [0.1, 0.15) is 5.82 Å². The summed E-state index contributed by atoms with van der Waals surface area (Å²) in [5, 5.41) is 0.0183. The molecule has 1 aromatic carbocycles. The van der Waals surface area contributed by atoms with Crippen molar-refractivity contribution in [3.63, 3.8) is 0 Å². The van der Waals surface area contributed by atoms with E-state index in [-0.39, 0.29) is 28.6 Å². The number of ketones is 1. The Hall–Kier alpha value is -1.61. The Bertz CT molecular complexity index is 506. The molecule has 2 aromatic rings. The fraction of sp³-hybridized carbons (Fsp3) is 0.0833. The molecule has 16 heavy (non-hydrogen) atoms. The normalized spacial score (nSPS) is 10.4. The maximum absolute atomic E-state index is 13.5. The van der Waals surface area contributed by atoms with Gasteiger partial charge in [0.2, 0.25) is 5.78 Å². The van der Waals surface area contributed by atoms with Crippen LogP contribution in [-0.4, -0.2) is 5.78 Å². The molecular weight excluding hydrogens is 231 g/mol. The van der Waals surface area contributed by atoms with Crippen molar-refractivity contribution < 1.29 is 13.6 Å². The number of benzene rings is 1. The molecule has 0 atom stereocenters. The highest BCUT2D eigenvalue weighted by Crippen LogP contribution is 2.19. The molecule has 82 valence electrons. The first-order chi connectivity index (χ1) is 7.68. The molecule has 0 aliphatic carbocycles. The molecular formula is C12H8ClFO2. The van der Waals surface area contributed by atoms with Crippen LogP contribution < -0.4 is 0 Å². The van der Waals surface area contributed by atoms with E-state index in [1.165, 1.54) is 18.4 Å². The summed E-state index contributed by atoms with van der Waals surface area (Å²) in [6.07, 6.45) is 1.35. The van der Waals surface area contributed by atoms with E-state index in [1.54, 1.807) is 18.2 Å². The number of hydrogen-bond donors (Lipinski definition) is 0. The highest BCUT2D eigenvalue weighted by molar-refractivity contribution is 6.30. The Labute approximate surface area is 96.6 Å². The smallest absolute Gasteiger partial charge is 0.202 e. The van der Waals surface area contributed by atoms with Crippen molar-refractivity contribution in [3.05, 3.63) is 58.8 Å². The summed E-state index contributed by atoms with van der Waals surface area (Å²) < 4.78 is 18.4. The molecule has 0 amide bonds. The number of carbonyl (C=O) groups excluding carboxylic acids is 1. The minimum Gasteiger partial charge on any atom is -0.461 e. The number of furan rings is 1. The first kappa shape index (κ1) is 10.9. The summed E-state index contributed by atoms with van der Waals surface area (Å²) in [6.45, 7) is 0. The van der Waals surface area contributed by atoms with Crippen molar-refractivity contribution >= 4 is 17.4 Å².